The van der Waals surface area contributed by atoms with Crippen LogP contribution in [0.3, 0.4) is 0 Å². The van der Waals surface area contributed by atoms with E-state index in [2.05, 4.69) is 50.7 Å². The molecule has 0 amide bonds. The second-order valence-corrected chi connectivity index (χ2v) is 12.6. The summed E-state index contributed by atoms with van der Waals surface area (Å²) in [5.74, 6) is 1.05. The summed E-state index contributed by atoms with van der Waals surface area (Å²) in [7, 11) is -1.64. The molecule has 2 fully saturated rings. The van der Waals surface area contributed by atoms with Crippen LogP contribution in [0.25, 0.3) is 21.9 Å². The third-order valence-corrected chi connectivity index (χ3v) is 8.52. The maximum atomic E-state index is 10.4. The number of morpholine rings is 1. The van der Waals surface area contributed by atoms with Crippen molar-refractivity contribution in [1.82, 2.24) is 14.3 Å². The molecule has 34 heavy (non-hydrogen) atoms. The van der Waals surface area contributed by atoms with Gasteiger partial charge in [0.05, 0.1) is 13.2 Å². The minimum atomic E-state index is -1.64. The van der Waals surface area contributed by atoms with Crippen LogP contribution in [0.15, 0.2) is 42.9 Å². The molecular weight excluding hydrogens is 446 g/mol. The van der Waals surface area contributed by atoms with Gasteiger partial charge in [0.15, 0.2) is 0 Å². The lowest BCUT2D eigenvalue weighted by atomic mass is 9.99. The number of hydrogen-bond acceptors (Lipinski definition) is 7. The number of nitrogens with one attached hydrogen (secondary N) is 1. The van der Waals surface area contributed by atoms with Crippen LogP contribution in [0, 0.1) is 6.92 Å². The average Bonchev–Trinajstić information content (AvgIpc) is 2.84. The second kappa shape index (κ2) is 9.70. The largest absolute Gasteiger partial charge is 0.382 e. The maximum Gasteiger partial charge on any atom is 0.131 e. The Kier molecular flexibility index (Phi) is 6.66. The molecule has 1 aromatic carbocycles. The number of aryl methyl sites for hydroxylation is 1. The minimum absolute atomic E-state index is 0.375. The molecule has 0 unspecified atom stereocenters. The normalized spacial score (nSPS) is 18.9. The van der Waals surface area contributed by atoms with Crippen molar-refractivity contribution in [3.8, 4) is 11.1 Å². The van der Waals surface area contributed by atoms with Gasteiger partial charge in [-0.15, -0.1) is 0 Å². The zero-order chi connectivity index (χ0) is 23.7. The summed E-state index contributed by atoms with van der Waals surface area (Å²) in [6.07, 6.45) is 11.7. The summed E-state index contributed by atoms with van der Waals surface area (Å²) in [5, 5.41) is 6.11. The van der Waals surface area contributed by atoms with E-state index in [9.17, 15) is 4.55 Å². The molecule has 2 aromatic heterocycles. The highest BCUT2D eigenvalue weighted by molar-refractivity contribution is 8.26. The molecule has 7 nitrogen and oxygen atoms in total. The summed E-state index contributed by atoms with van der Waals surface area (Å²) >= 11 is 0. The molecule has 0 radical (unpaired) electrons. The van der Waals surface area contributed by atoms with Crippen LogP contribution in [0.4, 0.5) is 11.5 Å². The third kappa shape index (κ3) is 5.00. The number of hydrogen-bond donors (Lipinski definition) is 2. The zero-order valence-corrected chi connectivity index (χ0v) is 21.1. The number of nitrogens with zero attached hydrogens (tertiary/aromatic N) is 4. The van der Waals surface area contributed by atoms with Gasteiger partial charge in [0.2, 0.25) is 0 Å². The Labute approximate surface area is 203 Å². The molecule has 3 aromatic rings. The summed E-state index contributed by atoms with van der Waals surface area (Å²) in [5.41, 5.74) is 4.58. The predicted molar refractivity (Wildman–Crippen MR) is 143 cm³/mol. The van der Waals surface area contributed by atoms with Crippen LogP contribution in [0.1, 0.15) is 18.4 Å². The Morgan fingerprint density at radius 2 is 1.79 bits per heavy atom. The molecule has 2 aliphatic heterocycles. The minimum Gasteiger partial charge on any atom is -0.382 e. The number of benzene rings is 1. The number of rotatable bonds is 5. The fourth-order valence-corrected chi connectivity index (χ4v) is 6.09. The first-order chi connectivity index (χ1) is 16.4. The lowest BCUT2D eigenvalue weighted by Gasteiger charge is -2.42. The van der Waals surface area contributed by atoms with Crippen molar-refractivity contribution in [2.75, 3.05) is 62.1 Å². The van der Waals surface area contributed by atoms with Crippen molar-refractivity contribution in [2.45, 2.75) is 25.8 Å². The van der Waals surface area contributed by atoms with E-state index in [1.807, 2.05) is 31.1 Å². The first-order valence-corrected chi connectivity index (χ1v) is 14.4. The molecule has 182 valence electrons. The molecule has 8 heteroatoms. The molecule has 5 rings (SSSR count). The van der Waals surface area contributed by atoms with Crippen molar-refractivity contribution in [3.63, 3.8) is 0 Å². The lowest BCUT2D eigenvalue weighted by Crippen LogP contribution is -2.39. The summed E-state index contributed by atoms with van der Waals surface area (Å²) in [6, 6.07) is 9.16. The third-order valence-electron chi connectivity index (χ3n) is 6.90. The Hall–Kier alpha value is -2.39. The SMILES string of the molecule is Cc1cc(-c2cc(NC3CCN(S(C)(C)O)CC3)c3cnccc3c2)cnc1N1CCOCC1. The van der Waals surface area contributed by atoms with Gasteiger partial charge < -0.3 is 19.5 Å². The van der Waals surface area contributed by atoms with Crippen LogP contribution in [0.5, 0.6) is 0 Å². The number of fused-ring (bicyclic) bond motifs is 1. The highest BCUT2D eigenvalue weighted by atomic mass is 32.3. The van der Waals surface area contributed by atoms with Gasteiger partial charge in [-0.2, -0.15) is 0 Å². The second-order valence-electron chi connectivity index (χ2n) is 9.65. The van der Waals surface area contributed by atoms with Gasteiger partial charge >= 0.3 is 0 Å². The van der Waals surface area contributed by atoms with E-state index >= 15 is 0 Å². The fraction of sp³-hybridized carbons (Fsp3) is 0.462. The first-order valence-electron chi connectivity index (χ1n) is 12.0. The van der Waals surface area contributed by atoms with E-state index in [0.29, 0.717) is 6.04 Å². The van der Waals surface area contributed by atoms with E-state index < -0.39 is 10.5 Å². The Morgan fingerprint density at radius 1 is 1.03 bits per heavy atom. The van der Waals surface area contributed by atoms with E-state index in [1.165, 1.54) is 10.9 Å². The van der Waals surface area contributed by atoms with Gasteiger partial charge in [-0.3, -0.25) is 4.98 Å². The van der Waals surface area contributed by atoms with Crippen LogP contribution in [-0.2, 0) is 4.74 Å². The van der Waals surface area contributed by atoms with Crippen molar-refractivity contribution in [2.24, 2.45) is 0 Å². The van der Waals surface area contributed by atoms with Gasteiger partial charge in [0, 0.05) is 67.4 Å². The molecule has 2 saturated heterocycles. The van der Waals surface area contributed by atoms with Crippen molar-refractivity contribution < 1.29 is 9.29 Å². The highest BCUT2D eigenvalue weighted by Crippen LogP contribution is 2.41. The van der Waals surface area contributed by atoms with Crippen LogP contribution in [-0.4, -0.2) is 76.8 Å². The van der Waals surface area contributed by atoms with Gasteiger partial charge in [0.1, 0.15) is 5.82 Å². The number of piperidine rings is 1. The monoisotopic (exact) mass is 481 g/mol. The number of ether oxygens (including phenoxy) is 1. The molecule has 0 spiro atoms. The average molecular weight is 482 g/mol. The molecule has 0 saturated carbocycles. The maximum absolute atomic E-state index is 10.4. The fourth-order valence-electron chi connectivity index (χ4n) is 4.98. The van der Waals surface area contributed by atoms with E-state index in [0.717, 1.165) is 80.3 Å². The topological polar surface area (TPSA) is 73.8 Å². The smallest absolute Gasteiger partial charge is 0.131 e. The van der Waals surface area contributed by atoms with Crippen LogP contribution in [0.2, 0.25) is 0 Å². The molecule has 4 heterocycles. The van der Waals surface area contributed by atoms with Crippen LogP contribution >= 0.6 is 10.5 Å². The van der Waals surface area contributed by atoms with Gasteiger partial charge in [-0.05, 0) is 73.1 Å². The Morgan fingerprint density at radius 3 is 2.50 bits per heavy atom. The van der Waals surface area contributed by atoms with Gasteiger partial charge in [-0.25, -0.2) is 9.29 Å². The molecule has 0 aliphatic carbocycles. The van der Waals surface area contributed by atoms with Gasteiger partial charge in [-0.1, -0.05) is 10.5 Å². The predicted octanol–water partition coefficient (Wildman–Crippen LogP) is 4.77. The standard InChI is InChI=1S/C26H35N5O2S/c1-19-14-22(17-28-26(19)30-10-12-33-13-11-30)21-15-20-4-7-27-18-24(20)25(16-21)29-23-5-8-31(9-6-23)34(2,3)32/h4,7,14-18,23,29,32H,5-6,8-13H2,1-3H3. The summed E-state index contributed by atoms with van der Waals surface area (Å²) in [6.45, 7) is 7.26. The van der Waals surface area contributed by atoms with Crippen LogP contribution < -0.4 is 10.2 Å². The number of pyridine rings is 2. The zero-order valence-electron chi connectivity index (χ0n) is 20.3. The van der Waals surface area contributed by atoms with Crippen molar-refractivity contribution in [3.05, 3.63) is 48.4 Å². The Bertz CT molecular complexity index is 1150. The molecular formula is C26H35N5O2S. The van der Waals surface area contributed by atoms with Crippen molar-refractivity contribution >= 4 is 32.8 Å². The van der Waals surface area contributed by atoms with E-state index in [4.69, 9.17) is 9.72 Å². The highest BCUT2D eigenvalue weighted by Gasteiger charge is 2.26. The Balaban J connectivity index is 1.42. The van der Waals surface area contributed by atoms with E-state index in [1.54, 1.807) is 0 Å². The quantitative estimate of drug-likeness (QED) is 0.544. The van der Waals surface area contributed by atoms with Gasteiger partial charge in [0.25, 0.3) is 0 Å². The summed E-state index contributed by atoms with van der Waals surface area (Å²) < 4.78 is 18.1. The van der Waals surface area contributed by atoms with E-state index in [-0.39, 0.29) is 0 Å². The molecule has 2 aliphatic rings. The number of aromatic nitrogens is 2. The first kappa shape index (κ1) is 23.4. The summed E-state index contributed by atoms with van der Waals surface area (Å²) in [4.78, 5) is 11.5. The number of anilines is 2. The molecule has 2 N–H and O–H groups in total. The lowest BCUT2D eigenvalue weighted by molar-refractivity contribution is 0.122. The van der Waals surface area contributed by atoms with Crippen molar-refractivity contribution in [1.29, 1.82) is 0 Å². The molecule has 0 bridgehead atoms. The molecule has 0 atom stereocenters.